The Morgan fingerprint density at radius 1 is 1.32 bits per heavy atom. The maximum absolute atomic E-state index is 11.7. The van der Waals surface area contributed by atoms with E-state index in [-0.39, 0.29) is 12.3 Å². The molecule has 0 saturated heterocycles. The van der Waals surface area contributed by atoms with Crippen molar-refractivity contribution in [1.82, 2.24) is 10.3 Å². The SMILES string of the molecule is CCc1ccc(Nc2nc(CC(=O)NCCOC)cs2)cc1. The van der Waals surface area contributed by atoms with Gasteiger partial charge in [0.1, 0.15) is 0 Å². The number of hydrogen-bond donors (Lipinski definition) is 2. The molecule has 1 heterocycles. The number of hydrogen-bond acceptors (Lipinski definition) is 5. The van der Waals surface area contributed by atoms with E-state index in [0.717, 1.165) is 22.9 Å². The quantitative estimate of drug-likeness (QED) is 0.734. The monoisotopic (exact) mass is 319 g/mol. The highest BCUT2D eigenvalue weighted by Crippen LogP contribution is 2.21. The first-order valence-electron chi connectivity index (χ1n) is 7.27. The lowest BCUT2D eigenvalue weighted by atomic mass is 10.1. The van der Waals surface area contributed by atoms with Crippen molar-refractivity contribution in [2.45, 2.75) is 19.8 Å². The van der Waals surface area contributed by atoms with Crippen LogP contribution in [0.3, 0.4) is 0 Å². The second kappa shape index (κ2) is 8.51. The van der Waals surface area contributed by atoms with E-state index in [4.69, 9.17) is 4.74 Å². The van der Waals surface area contributed by atoms with Gasteiger partial charge in [-0.1, -0.05) is 19.1 Å². The summed E-state index contributed by atoms with van der Waals surface area (Å²) in [4.78, 5) is 16.1. The van der Waals surface area contributed by atoms with Gasteiger partial charge in [0.15, 0.2) is 5.13 Å². The van der Waals surface area contributed by atoms with Crippen molar-refractivity contribution in [3.8, 4) is 0 Å². The summed E-state index contributed by atoms with van der Waals surface area (Å²) in [5, 5.41) is 8.74. The molecule has 0 fully saturated rings. The second-order valence-corrected chi connectivity index (χ2v) is 5.70. The van der Waals surface area contributed by atoms with Crippen LogP contribution < -0.4 is 10.6 Å². The molecule has 0 aliphatic rings. The smallest absolute Gasteiger partial charge is 0.226 e. The predicted molar refractivity (Wildman–Crippen MR) is 89.8 cm³/mol. The van der Waals surface area contributed by atoms with Crippen molar-refractivity contribution in [2.24, 2.45) is 0 Å². The molecule has 0 radical (unpaired) electrons. The minimum absolute atomic E-state index is 0.0406. The normalized spacial score (nSPS) is 10.5. The van der Waals surface area contributed by atoms with Crippen molar-refractivity contribution >= 4 is 28.1 Å². The zero-order chi connectivity index (χ0) is 15.8. The van der Waals surface area contributed by atoms with Gasteiger partial charge in [-0.05, 0) is 24.1 Å². The van der Waals surface area contributed by atoms with Gasteiger partial charge in [0.05, 0.1) is 18.7 Å². The third-order valence-electron chi connectivity index (χ3n) is 3.14. The third kappa shape index (κ3) is 5.13. The van der Waals surface area contributed by atoms with Crippen molar-refractivity contribution in [3.63, 3.8) is 0 Å². The lowest BCUT2D eigenvalue weighted by Crippen LogP contribution is -2.28. The van der Waals surface area contributed by atoms with Crippen molar-refractivity contribution < 1.29 is 9.53 Å². The first kappa shape index (κ1) is 16.5. The molecule has 22 heavy (non-hydrogen) atoms. The molecule has 0 aliphatic carbocycles. The van der Waals surface area contributed by atoms with Crippen LogP contribution in [0.5, 0.6) is 0 Å². The number of carbonyl (C=O) groups excluding carboxylic acids is 1. The lowest BCUT2D eigenvalue weighted by Gasteiger charge is -2.04. The van der Waals surface area contributed by atoms with Crippen molar-refractivity contribution in [3.05, 3.63) is 40.9 Å². The Kier molecular flexibility index (Phi) is 6.36. The van der Waals surface area contributed by atoms with Gasteiger partial charge < -0.3 is 15.4 Å². The average Bonchev–Trinajstić information content (AvgIpc) is 2.95. The molecule has 1 aromatic heterocycles. The first-order valence-corrected chi connectivity index (χ1v) is 8.15. The summed E-state index contributed by atoms with van der Waals surface area (Å²) >= 11 is 1.50. The van der Waals surface area contributed by atoms with Crippen LogP contribution in [0, 0.1) is 0 Å². The molecule has 118 valence electrons. The highest BCUT2D eigenvalue weighted by atomic mass is 32.1. The van der Waals surface area contributed by atoms with Crippen LogP contribution in [0.15, 0.2) is 29.6 Å². The van der Waals surface area contributed by atoms with Gasteiger partial charge in [0.25, 0.3) is 0 Å². The van der Waals surface area contributed by atoms with E-state index in [0.29, 0.717) is 13.2 Å². The zero-order valence-electron chi connectivity index (χ0n) is 12.9. The molecule has 0 aliphatic heterocycles. The van der Waals surface area contributed by atoms with E-state index in [1.165, 1.54) is 16.9 Å². The third-order valence-corrected chi connectivity index (χ3v) is 3.94. The Hall–Kier alpha value is -1.92. The molecule has 0 atom stereocenters. The topological polar surface area (TPSA) is 63.2 Å². The van der Waals surface area contributed by atoms with E-state index in [2.05, 4.69) is 34.7 Å². The Morgan fingerprint density at radius 3 is 2.77 bits per heavy atom. The Balaban J connectivity index is 1.86. The highest BCUT2D eigenvalue weighted by molar-refractivity contribution is 7.13. The lowest BCUT2D eigenvalue weighted by molar-refractivity contribution is -0.120. The fourth-order valence-corrected chi connectivity index (χ4v) is 2.64. The summed E-state index contributed by atoms with van der Waals surface area (Å²) in [5.74, 6) is -0.0406. The van der Waals surface area contributed by atoms with Gasteiger partial charge in [-0.15, -0.1) is 11.3 Å². The van der Waals surface area contributed by atoms with E-state index in [1.807, 2.05) is 17.5 Å². The summed E-state index contributed by atoms with van der Waals surface area (Å²) in [5.41, 5.74) is 3.08. The number of nitrogens with zero attached hydrogens (tertiary/aromatic N) is 1. The number of aryl methyl sites for hydroxylation is 1. The molecule has 5 nitrogen and oxygen atoms in total. The van der Waals surface area contributed by atoms with Crippen LogP contribution in [-0.2, 0) is 22.4 Å². The number of methoxy groups -OCH3 is 1. The highest BCUT2D eigenvalue weighted by Gasteiger charge is 2.07. The average molecular weight is 319 g/mol. The Morgan fingerprint density at radius 2 is 2.09 bits per heavy atom. The minimum atomic E-state index is -0.0406. The Labute approximate surface area is 134 Å². The number of carbonyl (C=O) groups is 1. The second-order valence-electron chi connectivity index (χ2n) is 4.84. The number of amides is 1. The summed E-state index contributed by atoms with van der Waals surface area (Å²) in [6, 6.07) is 8.27. The molecule has 6 heteroatoms. The summed E-state index contributed by atoms with van der Waals surface area (Å²) in [7, 11) is 1.61. The molecule has 0 saturated carbocycles. The van der Waals surface area contributed by atoms with Gasteiger partial charge in [0.2, 0.25) is 5.91 Å². The van der Waals surface area contributed by atoms with E-state index in [9.17, 15) is 4.79 Å². The zero-order valence-corrected chi connectivity index (χ0v) is 13.7. The van der Waals surface area contributed by atoms with E-state index < -0.39 is 0 Å². The number of nitrogens with one attached hydrogen (secondary N) is 2. The first-order chi connectivity index (χ1) is 10.7. The molecule has 2 aromatic rings. The number of thiazole rings is 1. The standard InChI is InChI=1S/C16H21N3O2S/c1-3-12-4-6-13(7-5-12)18-16-19-14(11-22-16)10-15(20)17-8-9-21-2/h4-7,11H,3,8-10H2,1-2H3,(H,17,20)(H,18,19). The molecule has 0 unspecified atom stereocenters. The van der Waals surface area contributed by atoms with Gasteiger partial charge in [-0.25, -0.2) is 4.98 Å². The molecular weight excluding hydrogens is 298 g/mol. The van der Waals surface area contributed by atoms with Gasteiger partial charge in [0, 0.05) is 24.7 Å². The maximum Gasteiger partial charge on any atom is 0.226 e. The number of rotatable bonds is 8. The molecule has 2 rings (SSSR count). The summed E-state index contributed by atoms with van der Waals surface area (Å²) in [6.07, 6.45) is 1.32. The number of anilines is 2. The summed E-state index contributed by atoms with van der Waals surface area (Å²) in [6.45, 7) is 3.17. The maximum atomic E-state index is 11.7. The molecule has 1 aromatic carbocycles. The van der Waals surface area contributed by atoms with Crippen LogP contribution in [0.1, 0.15) is 18.2 Å². The molecule has 0 bridgehead atoms. The number of benzene rings is 1. The molecular formula is C16H21N3O2S. The van der Waals surface area contributed by atoms with Crippen LogP contribution in [-0.4, -0.2) is 31.2 Å². The fraction of sp³-hybridized carbons (Fsp3) is 0.375. The number of ether oxygens (including phenoxy) is 1. The predicted octanol–water partition coefficient (Wildman–Crippen LogP) is 2.75. The van der Waals surface area contributed by atoms with Crippen LogP contribution in [0.2, 0.25) is 0 Å². The fourth-order valence-electron chi connectivity index (χ4n) is 1.91. The van der Waals surface area contributed by atoms with Crippen LogP contribution in [0.25, 0.3) is 0 Å². The minimum Gasteiger partial charge on any atom is -0.383 e. The van der Waals surface area contributed by atoms with Gasteiger partial charge in [-0.3, -0.25) is 4.79 Å². The summed E-state index contributed by atoms with van der Waals surface area (Å²) < 4.78 is 4.89. The van der Waals surface area contributed by atoms with Crippen LogP contribution >= 0.6 is 11.3 Å². The van der Waals surface area contributed by atoms with Crippen LogP contribution in [0.4, 0.5) is 10.8 Å². The Bertz CT molecular complexity index is 596. The van der Waals surface area contributed by atoms with Crippen molar-refractivity contribution in [2.75, 3.05) is 25.6 Å². The van der Waals surface area contributed by atoms with E-state index >= 15 is 0 Å². The van der Waals surface area contributed by atoms with E-state index in [1.54, 1.807) is 7.11 Å². The number of aromatic nitrogens is 1. The van der Waals surface area contributed by atoms with Crippen molar-refractivity contribution in [1.29, 1.82) is 0 Å². The molecule has 0 spiro atoms. The molecule has 2 N–H and O–H groups in total. The van der Waals surface area contributed by atoms with Gasteiger partial charge in [-0.2, -0.15) is 0 Å². The van der Waals surface area contributed by atoms with Gasteiger partial charge >= 0.3 is 0 Å². The molecule has 1 amide bonds. The largest absolute Gasteiger partial charge is 0.383 e.